The van der Waals surface area contributed by atoms with Gasteiger partial charge in [-0.15, -0.1) is 0 Å². The number of allylic oxidation sites excluding steroid dienone is 4. The van der Waals surface area contributed by atoms with E-state index in [0.717, 1.165) is 5.03 Å². The van der Waals surface area contributed by atoms with Gasteiger partial charge in [0.25, 0.3) is 0 Å². The normalized spacial score (nSPS) is 14.6. The molecule has 0 aliphatic carbocycles. The minimum atomic E-state index is 0.591. The molecule has 0 aromatic heterocycles. The van der Waals surface area contributed by atoms with Gasteiger partial charge in [0.1, 0.15) is 0 Å². The van der Waals surface area contributed by atoms with Crippen LogP contribution in [0.2, 0.25) is 0 Å². The Kier molecular flexibility index (Phi) is 4.46. The minimum absolute atomic E-state index is 0.591. The Balaban J connectivity index is 4.17. The molecule has 0 heterocycles. The second-order valence-electron chi connectivity index (χ2n) is 2.72. The molecular formula is C9H15Cl. The van der Waals surface area contributed by atoms with Crippen molar-refractivity contribution in [1.82, 2.24) is 0 Å². The predicted molar refractivity (Wildman–Crippen MR) is 48.2 cm³/mol. The van der Waals surface area contributed by atoms with Crippen LogP contribution in [0.5, 0.6) is 0 Å². The van der Waals surface area contributed by atoms with Crippen LogP contribution in [0.4, 0.5) is 0 Å². The molecule has 0 aliphatic rings. The van der Waals surface area contributed by atoms with Crippen LogP contribution in [0.3, 0.4) is 0 Å². The van der Waals surface area contributed by atoms with E-state index in [4.69, 9.17) is 11.6 Å². The number of hydrogen-bond acceptors (Lipinski definition) is 0. The van der Waals surface area contributed by atoms with Gasteiger partial charge in [0.05, 0.1) is 0 Å². The maximum Gasteiger partial charge on any atom is 0.0362 e. The Labute approximate surface area is 68.6 Å². The lowest BCUT2D eigenvalue weighted by molar-refractivity contribution is 0.769. The first-order chi connectivity index (χ1) is 4.57. The number of rotatable bonds is 2. The molecule has 0 aromatic rings. The standard InChI is InChI=1S/C9H15Cl/c1-5-9(10)6-8(4)7(2)3/h5-7H,1-4H3/b8-6-,9-5+. The minimum Gasteiger partial charge on any atom is -0.0847 e. The number of hydrogen-bond donors (Lipinski definition) is 0. The van der Waals surface area contributed by atoms with Crippen LogP contribution in [0, 0.1) is 5.92 Å². The van der Waals surface area contributed by atoms with Crippen molar-refractivity contribution in [3.63, 3.8) is 0 Å². The van der Waals surface area contributed by atoms with Gasteiger partial charge in [-0.25, -0.2) is 0 Å². The van der Waals surface area contributed by atoms with Crippen LogP contribution < -0.4 is 0 Å². The average Bonchev–Trinajstić information content (AvgIpc) is 1.87. The van der Waals surface area contributed by atoms with E-state index in [9.17, 15) is 0 Å². The maximum atomic E-state index is 5.79. The molecule has 0 spiro atoms. The van der Waals surface area contributed by atoms with Crippen molar-refractivity contribution in [2.75, 3.05) is 0 Å². The average molecular weight is 159 g/mol. The monoisotopic (exact) mass is 158 g/mol. The summed E-state index contributed by atoms with van der Waals surface area (Å²) in [5.41, 5.74) is 1.32. The van der Waals surface area contributed by atoms with Gasteiger partial charge in [-0.2, -0.15) is 0 Å². The van der Waals surface area contributed by atoms with Crippen molar-refractivity contribution >= 4 is 11.6 Å². The second kappa shape index (κ2) is 4.56. The molecule has 0 fully saturated rings. The van der Waals surface area contributed by atoms with E-state index in [1.165, 1.54) is 5.57 Å². The van der Waals surface area contributed by atoms with Crippen molar-refractivity contribution in [1.29, 1.82) is 0 Å². The summed E-state index contributed by atoms with van der Waals surface area (Å²) in [5, 5.41) is 0.825. The summed E-state index contributed by atoms with van der Waals surface area (Å²) in [6, 6.07) is 0. The van der Waals surface area contributed by atoms with Crippen LogP contribution in [0.1, 0.15) is 27.7 Å². The smallest absolute Gasteiger partial charge is 0.0362 e. The van der Waals surface area contributed by atoms with Crippen LogP contribution in [-0.2, 0) is 0 Å². The summed E-state index contributed by atoms with van der Waals surface area (Å²) >= 11 is 5.79. The van der Waals surface area contributed by atoms with Gasteiger partial charge in [0, 0.05) is 5.03 Å². The van der Waals surface area contributed by atoms with Gasteiger partial charge < -0.3 is 0 Å². The van der Waals surface area contributed by atoms with Crippen molar-refractivity contribution < 1.29 is 0 Å². The largest absolute Gasteiger partial charge is 0.0847 e. The van der Waals surface area contributed by atoms with Gasteiger partial charge in [-0.05, 0) is 25.8 Å². The van der Waals surface area contributed by atoms with Crippen molar-refractivity contribution in [2.24, 2.45) is 5.92 Å². The van der Waals surface area contributed by atoms with E-state index in [2.05, 4.69) is 20.8 Å². The zero-order chi connectivity index (χ0) is 8.15. The Hall–Kier alpha value is -0.230. The SMILES string of the molecule is C/C=C(Cl)\C=C(\C)C(C)C. The fraction of sp³-hybridized carbons (Fsp3) is 0.556. The second-order valence-corrected chi connectivity index (χ2v) is 3.15. The van der Waals surface area contributed by atoms with E-state index in [-0.39, 0.29) is 0 Å². The quantitative estimate of drug-likeness (QED) is 0.538. The highest BCUT2D eigenvalue weighted by molar-refractivity contribution is 6.31. The first-order valence-electron chi connectivity index (χ1n) is 3.58. The molecule has 0 aliphatic heterocycles. The van der Waals surface area contributed by atoms with Gasteiger partial charge in [-0.1, -0.05) is 37.1 Å². The molecule has 0 aromatic carbocycles. The van der Waals surface area contributed by atoms with Gasteiger partial charge in [0.2, 0.25) is 0 Å². The predicted octanol–water partition coefficient (Wildman–Crippen LogP) is 3.73. The highest BCUT2D eigenvalue weighted by Crippen LogP contribution is 2.13. The third-order valence-electron chi connectivity index (χ3n) is 1.55. The lowest BCUT2D eigenvalue weighted by Gasteiger charge is -2.02. The number of halogens is 1. The first kappa shape index (κ1) is 9.77. The fourth-order valence-electron chi connectivity index (χ4n) is 0.467. The molecule has 0 atom stereocenters. The summed E-state index contributed by atoms with van der Waals surface area (Å²) < 4.78 is 0. The molecule has 0 rings (SSSR count). The van der Waals surface area contributed by atoms with Crippen molar-refractivity contribution in [2.45, 2.75) is 27.7 Å². The maximum absolute atomic E-state index is 5.79. The third kappa shape index (κ3) is 3.73. The van der Waals surface area contributed by atoms with E-state index < -0.39 is 0 Å². The molecule has 1 heteroatoms. The molecule has 0 unspecified atom stereocenters. The summed E-state index contributed by atoms with van der Waals surface area (Å²) in [7, 11) is 0. The molecule has 0 radical (unpaired) electrons. The fourth-order valence-corrected chi connectivity index (χ4v) is 0.640. The van der Waals surface area contributed by atoms with Gasteiger partial charge in [0.15, 0.2) is 0 Å². The zero-order valence-corrected chi connectivity index (χ0v) is 7.87. The lowest BCUT2D eigenvalue weighted by Crippen LogP contribution is -1.87. The third-order valence-corrected chi connectivity index (χ3v) is 1.88. The lowest BCUT2D eigenvalue weighted by atomic mass is 10.1. The van der Waals surface area contributed by atoms with Crippen LogP contribution in [0.25, 0.3) is 0 Å². The molecule has 0 amide bonds. The topological polar surface area (TPSA) is 0 Å². The Morgan fingerprint density at radius 1 is 1.40 bits per heavy atom. The molecule has 58 valence electrons. The molecular weight excluding hydrogens is 144 g/mol. The Morgan fingerprint density at radius 2 is 1.90 bits per heavy atom. The Morgan fingerprint density at radius 3 is 2.20 bits per heavy atom. The summed E-state index contributed by atoms with van der Waals surface area (Å²) in [6.07, 6.45) is 3.90. The van der Waals surface area contributed by atoms with E-state index in [1.807, 2.05) is 19.1 Å². The van der Waals surface area contributed by atoms with E-state index in [1.54, 1.807) is 0 Å². The van der Waals surface area contributed by atoms with Gasteiger partial charge in [-0.3, -0.25) is 0 Å². The van der Waals surface area contributed by atoms with Crippen LogP contribution in [0.15, 0.2) is 22.8 Å². The van der Waals surface area contributed by atoms with E-state index in [0.29, 0.717) is 5.92 Å². The molecule has 0 nitrogen and oxygen atoms in total. The highest BCUT2D eigenvalue weighted by Gasteiger charge is 1.95. The molecule has 0 saturated carbocycles. The van der Waals surface area contributed by atoms with Crippen LogP contribution in [-0.4, -0.2) is 0 Å². The van der Waals surface area contributed by atoms with Crippen molar-refractivity contribution in [3.8, 4) is 0 Å². The van der Waals surface area contributed by atoms with Crippen molar-refractivity contribution in [3.05, 3.63) is 22.8 Å². The Bertz CT molecular complexity index is 152. The van der Waals surface area contributed by atoms with E-state index >= 15 is 0 Å². The van der Waals surface area contributed by atoms with Gasteiger partial charge >= 0.3 is 0 Å². The molecule has 0 bridgehead atoms. The molecule has 0 saturated heterocycles. The summed E-state index contributed by atoms with van der Waals surface area (Å²) in [6.45, 7) is 8.35. The summed E-state index contributed by atoms with van der Waals surface area (Å²) in [5.74, 6) is 0.591. The molecule has 0 N–H and O–H groups in total. The summed E-state index contributed by atoms with van der Waals surface area (Å²) in [4.78, 5) is 0. The van der Waals surface area contributed by atoms with Crippen LogP contribution >= 0.6 is 11.6 Å². The first-order valence-corrected chi connectivity index (χ1v) is 3.95. The highest BCUT2D eigenvalue weighted by atomic mass is 35.5. The molecule has 10 heavy (non-hydrogen) atoms. The zero-order valence-electron chi connectivity index (χ0n) is 7.11.